The first-order valence-electron chi connectivity index (χ1n) is 5.69. The summed E-state index contributed by atoms with van der Waals surface area (Å²) in [6.45, 7) is 0. The topological polar surface area (TPSA) is 86.0 Å². The summed E-state index contributed by atoms with van der Waals surface area (Å²) >= 11 is 0. The highest BCUT2D eigenvalue weighted by Crippen LogP contribution is 2.07. The molecule has 0 heterocycles. The Morgan fingerprint density at radius 1 is 1.05 bits per heavy atom. The fourth-order valence-corrected chi connectivity index (χ4v) is 1.59. The smallest absolute Gasteiger partial charge is 0.154 e. The minimum atomic E-state index is 0.0402. The van der Waals surface area contributed by atoms with Gasteiger partial charge in [-0.3, -0.25) is 5.41 Å². The van der Waals surface area contributed by atoms with Gasteiger partial charge in [-0.05, 0) is 12.1 Å². The van der Waals surface area contributed by atoms with Crippen LogP contribution in [0.4, 0.5) is 0 Å². The van der Waals surface area contributed by atoms with Gasteiger partial charge in [0.2, 0.25) is 0 Å². The second-order valence-corrected chi connectivity index (χ2v) is 3.90. The lowest BCUT2D eigenvalue weighted by Crippen LogP contribution is -2.15. The molecule has 92 valence electrons. The summed E-state index contributed by atoms with van der Waals surface area (Å²) in [5, 5.41) is 16.7. The molecule has 4 nitrogen and oxygen atoms in total. The van der Waals surface area contributed by atoms with E-state index in [2.05, 4.69) is 4.99 Å². The second-order valence-electron chi connectivity index (χ2n) is 3.90. The summed E-state index contributed by atoms with van der Waals surface area (Å²) in [6.07, 6.45) is 0. The van der Waals surface area contributed by atoms with Crippen molar-refractivity contribution in [2.24, 2.45) is 10.7 Å². The molecule has 0 radical (unpaired) electrons. The molecule has 0 fully saturated rings. The largest absolute Gasteiger partial charge is 0.383 e. The summed E-state index contributed by atoms with van der Waals surface area (Å²) in [6, 6.07) is 18.0. The lowest BCUT2D eigenvalue weighted by Gasteiger charge is -2.02. The molecule has 0 bridgehead atoms. The first-order valence-corrected chi connectivity index (χ1v) is 5.69. The van der Waals surface area contributed by atoms with Crippen molar-refractivity contribution in [1.29, 1.82) is 10.7 Å². The minimum absolute atomic E-state index is 0.0402. The summed E-state index contributed by atoms with van der Waals surface area (Å²) < 4.78 is 0. The molecular formula is C15H12N4. The van der Waals surface area contributed by atoms with E-state index in [0.717, 1.165) is 5.56 Å². The van der Waals surface area contributed by atoms with Crippen molar-refractivity contribution in [1.82, 2.24) is 0 Å². The van der Waals surface area contributed by atoms with Gasteiger partial charge >= 0.3 is 0 Å². The number of hydrogen-bond donors (Lipinski definition) is 2. The number of nitrogens with zero attached hydrogens (tertiary/aromatic N) is 2. The number of nitrogens with two attached hydrogens (primary N) is 1. The average molecular weight is 248 g/mol. The normalized spacial score (nSPS) is 10.8. The highest BCUT2D eigenvalue weighted by atomic mass is 14.9. The zero-order valence-corrected chi connectivity index (χ0v) is 10.2. The zero-order valence-electron chi connectivity index (χ0n) is 10.2. The molecule has 19 heavy (non-hydrogen) atoms. The SMILES string of the molecule is N#Cc1cccc(C(=N)N=C(N)c2ccccc2)c1. The van der Waals surface area contributed by atoms with Gasteiger partial charge in [0.25, 0.3) is 0 Å². The van der Waals surface area contributed by atoms with Gasteiger partial charge in [0.05, 0.1) is 11.6 Å². The van der Waals surface area contributed by atoms with E-state index < -0.39 is 0 Å². The van der Waals surface area contributed by atoms with Gasteiger partial charge in [0, 0.05) is 11.1 Å². The van der Waals surface area contributed by atoms with E-state index in [9.17, 15) is 0 Å². The highest BCUT2D eigenvalue weighted by Gasteiger charge is 2.03. The number of benzene rings is 2. The molecule has 0 aromatic heterocycles. The molecule has 0 aliphatic carbocycles. The molecule has 2 rings (SSSR count). The maximum atomic E-state index is 8.82. The number of nitriles is 1. The lowest BCUT2D eigenvalue weighted by atomic mass is 10.1. The van der Waals surface area contributed by atoms with Crippen molar-refractivity contribution in [2.75, 3.05) is 0 Å². The van der Waals surface area contributed by atoms with E-state index >= 15 is 0 Å². The fourth-order valence-electron chi connectivity index (χ4n) is 1.59. The number of aliphatic imine (C=N–C) groups is 1. The number of nitrogens with one attached hydrogen (secondary N) is 1. The Morgan fingerprint density at radius 2 is 1.74 bits per heavy atom. The molecule has 0 saturated heterocycles. The van der Waals surface area contributed by atoms with Crippen molar-refractivity contribution >= 4 is 11.7 Å². The van der Waals surface area contributed by atoms with Gasteiger partial charge in [-0.2, -0.15) is 5.26 Å². The van der Waals surface area contributed by atoms with E-state index in [0.29, 0.717) is 11.1 Å². The lowest BCUT2D eigenvalue weighted by molar-refractivity contribution is 1.39. The third-order valence-corrected chi connectivity index (χ3v) is 2.57. The molecule has 0 saturated carbocycles. The van der Waals surface area contributed by atoms with Crippen molar-refractivity contribution in [3.8, 4) is 6.07 Å². The Hall–Kier alpha value is -2.93. The Labute approximate surface area is 111 Å². The van der Waals surface area contributed by atoms with E-state index in [-0.39, 0.29) is 11.7 Å². The van der Waals surface area contributed by atoms with E-state index in [1.807, 2.05) is 36.4 Å². The van der Waals surface area contributed by atoms with Gasteiger partial charge in [-0.25, -0.2) is 4.99 Å². The van der Waals surface area contributed by atoms with Crippen LogP contribution in [0.5, 0.6) is 0 Å². The van der Waals surface area contributed by atoms with E-state index in [1.54, 1.807) is 24.3 Å². The fraction of sp³-hybridized carbons (Fsp3) is 0. The molecule has 0 amide bonds. The standard InChI is InChI=1S/C15H12N4/c16-10-11-5-4-8-13(9-11)15(18)19-14(17)12-6-2-1-3-7-12/h1-9H,(H3,17,18,19). The van der Waals surface area contributed by atoms with Crippen LogP contribution in [-0.2, 0) is 0 Å². The van der Waals surface area contributed by atoms with Crippen LogP contribution in [-0.4, -0.2) is 11.7 Å². The summed E-state index contributed by atoms with van der Waals surface area (Å²) in [5.74, 6) is 0.325. The molecule has 0 aliphatic heterocycles. The molecule has 0 unspecified atom stereocenters. The van der Waals surface area contributed by atoms with Crippen LogP contribution in [0, 0.1) is 16.7 Å². The van der Waals surface area contributed by atoms with Gasteiger partial charge < -0.3 is 5.73 Å². The van der Waals surface area contributed by atoms with Gasteiger partial charge in [-0.1, -0.05) is 42.5 Å². The molecular weight excluding hydrogens is 236 g/mol. The molecule has 0 spiro atoms. The maximum Gasteiger partial charge on any atom is 0.154 e. The van der Waals surface area contributed by atoms with Crippen LogP contribution in [0.25, 0.3) is 0 Å². The Morgan fingerprint density at radius 3 is 2.42 bits per heavy atom. The quantitative estimate of drug-likeness (QED) is 0.631. The minimum Gasteiger partial charge on any atom is -0.383 e. The van der Waals surface area contributed by atoms with E-state index in [4.69, 9.17) is 16.4 Å². The van der Waals surface area contributed by atoms with Gasteiger partial charge in [-0.15, -0.1) is 0 Å². The summed E-state index contributed by atoms with van der Waals surface area (Å²) in [5.41, 5.74) is 7.68. The highest BCUT2D eigenvalue weighted by molar-refractivity contribution is 6.09. The third-order valence-electron chi connectivity index (χ3n) is 2.57. The van der Waals surface area contributed by atoms with Crippen molar-refractivity contribution in [3.05, 3.63) is 71.3 Å². The number of amidine groups is 2. The molecule has 0 aliphatic rings. The van der Waals surface area contributed by atoms with Crippen LogP contribution in [0.2, 0.25) is 0 Å². The zero-order chi connectivity index (χ0) is 13.7. The monoisotopic (exact) mass is 248 g/mol. The Kier molecular flexibility index (Phi) is 3.70. The predicted octanol–water partition coefficient (Wildman–Crippen LogP) is 2.29. The van der Waals surface area contributed by atoms with Crippen molar-refractivity contribution < 1.29 is 0 Å². The Balaban J connectivity index is 2.28. The summed E-state index contributed by atoms with van der Waals surface area (Å²) in [7, 11) is 0. The van der Waals surface area contributed by atoms with Crippen LogP contribution in [0.15, 0.2) is 59.6 Å². The van der Waals surface area contributed by atoms with Gasteiger partial charge in [0.15, 0.2) is 5.84 Å². The molecule has 2 aromatic carbocycles. The number of rotatable bonds is 2. The second kappa shape index (κ2) is 5.61. The average Bonchev–Trinajstić information content (AvgIpc) is 2.48. The Bertz CT molecular complexity index is 666. The number of hydrogen-bond acceptors (Lipinski definition) is 2. The van der Waals surface area contributed by atoms with Crippen LogP contribution < -0.4 is 5.73 Å². The third kappa shape index (κ3) is 3.05. The molecule has 0 atom stereocenters. The molecule has 4 heteroatoms. The maximum absolute atomic E-state index is 8.82. The predicted molar refractivity (Wildman–Crippen MR) is 75.2 cm³/mol. The first kappa shape index (κ1) is 12.5. The molecule has 3 N–H and O–H groups in total. The summed E-state index contributed by atoms with van der Waals surface area (Å²) in [4.78, 5) is 4.06. The van der Waals surface area contributed by atoms with Crippen molar-refractivity contribution in [2.45, 2.75) is 0 Å². The van der Waals surface area contributed by atoms with Crippen LogP contribution >= 0.6 is 0 Å². The van der Waals surface area contributed by atoms with Crippen molar-refractivity contribution in [3.63, 3.8) is 0 Å². The molecule has 2 aromatic rings. The van der Waals surface area contributed by atoms with Crippen LogP contribution in [0.1, 0.15) is 16.7 Å². The first-order chi connectivity index (χ1) is 9.20. The van der Waals surface area contributed by atoms with Gasteiger partial charge in [0.1, 0.15) is 5.84 Å². The van der Waals surface area contributed by atoms with E-state index in [1.165, 1.54) is 0 Å². The van der Waals surface area contributed by atoms with Crippen LogP contribution in [0.3, 0.4) is 0 Å².